The molecular weight excluding hydrogens is 231 g/mol. The number of carbonyl (C=O) groups is 1. The SMILES string of the molecule is CCNC(=O)C(C)NCCc1ccc(F)cc1C. The predicted octanol–water partition coefficient (Wildman–Crippen LogP) is 1.79. The van der Waals surface area contributed by atoms with Gasteiger partial charge in [-0.15, -0.1) is 0 Å². The molecule has 1 rings (SSSR count). The van der Waals surface area contributed by atoms with Crippen molar-refractivity contribution in [2.24, 2.45) is 0 Å². The average Bonchev–Trinajstić information content (AvgIpc) is 2.32. The van der Waals surface area contributed by atoms with Gasteiger partial charge in [0.25, 0.3) is 0 Å². The molecule has 4 heteroatoms. The van der Waals surface area contributed by atoms with Crippen LogP contribution in [-0.4, -0.2) is 25.0 Å². The van der Waals surface area contributed by atoms with E-state index in [0.717, 1.165) is 17.5 Å². The highest BCUT2D eigenvalue weighted by Crippen LogP contribution is 2.10. The molecule has 0 bridgehead atoms. The Morgan fingerprint density at radius 2 is 2.17 bits per heavy atom. The molecule has 1 aromatic rings. The quantitative estimate of drug-likeness (QED) is 0.810. The van der Waals surface area contributed by atoms with Gasteiger partial charge in [-0.1, -0.05) is 6.07 Å². The highest BCUT2D eigenvalue weighted by molar-refractivity contribution is 5.81. The number of benzene rings is 1. The van der Waals surface area contributed by atoms with Crippen LogP contribution < -0.4 is 10.6 Å². The van der Waals surface area contributed by atoms with E-state index in [1.165, 1.54) is 12.1 Å². The minimum absolute atomic E-state index is 0.00771. The molecule has 1 amide bonds. The Hall–Kier alpha value is -1.42. The highest BCUT2D eigenvalue weighted by atomic mass is 19.1. The van der Waals surface area contributed by atoms with E-state index in [-0.39, 0.29) is 17.8 Å². The summed E-state index contributed by atoms with van der Waals surface area (Å²) in [5.41, 5.74) is 2.05. The summed E-state index contributed by atoms with van der Waals surface area (Å²) >= 11 is 0. The van der Waals surface area contributed by atoms with Gasteiger partial charge < -0.3 is 10.6 Å². The minimum atomic E-state index is -0.208. The number of halogens is 1. The van der Waals surface area contributed by atoms with Crippen LogP contribution in [0.25, 0.3) is 0 Å². The molecule has 0 aliphatic carbocycles. The average molecular weight is 252 g/mol. The first kappa shape index (κ1) is 14.6. The van der Waals surface area contributed by atoms with Gasteiger partial charge in [0.05, 0.1) is 6.04 Å². The summed E-state index contributed by atoms with van der Waals surface area (Å²) in [6.07, 6.45) is 0.788. The monoisotopic (exact) mass is 252 g/mol. The van der Waals surface area contributed by atoms with Gasteiger partial charge in [0.1, 0.15) is 5.82 Å². The van der Waals surface area contributed by atoms with Crippen molar-refractivity contribution in [2.75, 3.05) is 13.1 Å². The third-order valence-electron chi connectivity index (χ3n) is 2.89. The zero-order chi connectivity index (χ0) is 13.5. The Morgan fingerprint density at radius 3 is 2.78 bits per heavy atom. The molecule has 3 nitrogen and oxygen atoms in total. The van der Waals surface area contributed by atoms with Gasteiger partial charge in [-0.3, -0.25) is 4.79 Å². The molecular formula is C14H21FN2O. The van der Waals surface area contributed by atoms with Crippen LogP contribution in [0.15, 0.2) is 18.2 Å². The van der Waals surface area contributed by atoms with Crippen LogP contribution in [0.2, 0.25) is 0 Å². The van der Waals surface area contributed by atoms with Gasteiger partial charge in [-0.2, -0.15) is 0 Å². The van der Waals surface area contributed by atoms with Gasteiger partial charge in [-0.05, 0) is 57.0 Å². The lowest BCUT2D eigenvalue weighted by Crippen LogP contribution is -2.42. The fourth-order valence-corrected chi connectivity index (χ4v) is 1.78. The predicted molar refractivity (Wildman–Crippen MR) is 71.0 cm³/mol. The number of aryl methyl sites for hydroxylation is 1. The fourth-order valence-electron chi connectivity index (χ4n) is 1.78. The van der Waals surface area contributed by atoms with Crippen LogP contribution in [0.5, 0.6) is 0 Å². The first-order valence-corrected chi connectivity index (χ1v) is 6.30. The maximum absolute atomic E-state index is 12.9. The summed E-state index contributed by atoms with van der Waals surface area (Å²) < 4.78 is 12.9. The molecule has 0 saturated heterocycles. The van der Waals surface area contributed by atoms with E-state index in [1.807, 2.05) is 20.8 Å². The lowest BCUT2D eigenvalue weighted by Gasteiger charge is -2.13. The van der Waals surface area contributed by atoms with Crippen LogP contribution in [0.3, 0.4) is 0 Å². The van der Waals surface area contributed by atoms with Gasteiger partial charge >= 0.3 is 0 Å². The van der Waals surface area contributed by atoms with Gasteiger partial charge in [0, 0.05) is 6.54 Å². The number of hydrogen-bond acceptors (Lipinski definition) is 2. The Kier molecular flexibility index (Phi) is 5.78. The minimum Gasteiger partial charge on any atom is -0.355 e. The summed E-state index contributed by atoms with van der Waals surface area (Å²) in [5.74, 6) is -0.201. The normalized spacial score (nSPS) is 12.2. The summed E-state index contributed by atoms with van der Waals surface area (Å²) in [5, 5.41) is 5.91. The second-order valence-corrected chi connectivity index (χ2v) is 4.39. The number of hydrogen-bond donors (Lipinski definition) is 2. The summed E-state index contributed by atoms with van der Waals surface area (Å²) in [4.78, 5) is 11.5. The summed E-state index contributed by atoms with van der Waals surface area (Å²) in [7, 11) is 0. The van der Waals surface area contributed by atoms with Gasteiger partial charge in [0.2, 0.25) is 5.91 Å². The number of rotatable bonds is 6. The van der Waals surface area contributed by atoms with Crippen molar-refractivity contribution in [3.63, 3.8) is 0 Å². The van der Waals surface area contributed by atoms with Crippen LogP contribution >= 0.6 is 0 Å². The first-order chi connectivity index (χ1) is 8.54. The molecule has 0 spiro atoms. The third kappa shape index (κ3) is 4.45. The molecule has 0 radical (unpaired) electrons. The first-order valence-electron chi connectivity index (χ1n) is 6.30. The topological polar surface area (TPSA) is 41.1 Å². The molecule has 0 aliphatic rings. The van der Waals surface area contributed by atoms with Crippen molar-refractivity contribution in [1.29, 1.82) is 0 Å². The van der Waals surface area contributed by atoms with E-state index in [9.17, 15) is 9.18 Å². The molecule has 0 fully saturated rings. The highest BCUT2D eigenvalue weighted by Gasteiger charge is 2.10. The van der Waals surface area contributed by atoms with Crippen LogP contribution in [0, 0.1) is 12.7 Å². The number of likely N-dealkylation sites (N-methyl/N-ethyl adjacent to an activating group) is 1. The number of carbonyl (C=O) groups excluding carboxylic acids is 1. The van der Waals surface area contributed by atoms with E-state index < -0.39 is 0 Å². The summed E-state index contributed by atoms with van der Waals surface area (Å²) in [6.45, 7) is 6.97. The standard InChI is InChI=1S/C14H21FN2O/c1-4-16-14(18)11(3)17-8-7-12-5-6-13(15)9-10(12)2/h5-6,9,11,17H,4,7-8H2,1-3H3,(H,16,18). The molecule has 0 aromatic heterocycles. The second kappa shape index (κ2) is 7.11. The molecule has 1 atom stereocenters. The van der Waals surface area contributed by atoms with Crippen molar-refractivity contribution in [1.82, 2.24) is 10.6 Å². The molecule has 2 N–H and O–H groups in total. The van der Waals surface area contributed by atoms with E-state index in [2.05, 4.69) is 10.6 Å². The number of nitrogens with one attached hydrogen (secondary N) is 2. The third-order valence-corrected chi connectivity index (χ3v) is 2.89. The Morgan fingerprint density at radius 1 is 1.44 bits per heavy atom. The molecule has 0 heterocycles. The van der Waals surface area contributed by atoms with Crippen LogP contribution in [0.4, 0.5) is 4.39 Å². The Labute approximate surface area is 108 Å². The van der Waals surface area contributed by atoms with Crippen molar-refractivity contribution >= 4 is 5.91 Å². The van der Waals surface area contributed by atoms with E-state index in [4.69, 9.17) is 0 Å². The number of amides is 1. The van der Waals surface area contributed by atoms with Gasteiger partial charge in [0.15, 0.2) is 0 Å². The second-order valence-electron chi connectivity index (χ2n) is 4.39. The lowest BCUT2D eigenvalue weighted by atomic mass is 10.1. The van der Waals surface area contributed by atoms with Crippen LogP contribution in [-0.2, 0) is 11.2 Å². The maximum Gasteiger partial charge on any atom is 0.236 e. The van der Waals surface area contributed by atoms with Crippen molar-refractivity contribution < 1.29 is 9.18 Å². The smallest absolute Gasteiger partial charge is 0.236 e. The maximum atomic E-state index is 12.9. The molecule has 1 aromatic carbocycles. The van der Waals surface area contributed by atoms with E-state index in [0.29, 0.717) is 13.1 Å². The Bertz CT molecular complexity index is 407. The van der Waals surface area contributed by atoms with Crippen molar-refractivity contribution in [3.05, 3.63) is 35.1 Å². The van der Waals surface area contributed by atoms with Crippen molar-refractivity contribution in [2.45, 2.75) is 33.2 Å². The van der Waals surface area contributed by atoms with E-state index >= 15 is 0 Å². The van der Waals surface area contributed by atoms with Crippen LogP contribution in [0.1, 0.15) is 25.0 Å². The molecule has 100 valence electrons. The zero-order valence-electron chi connectivity index (χ0n) is 11.2. The lowest BCUT2D eigenvalue weighted by molar-refractivity contribution is -0.122. The van der Waals surface area contributed by atoms with Gasteiger partial charge in [-0.25, -0.2) is 4.39 Å². The fraction of sp³-hybridized carbons (Fsp3) is 0.500. The zero-order valence-corrected chi connectivity index (χ0v) is 11.2. The molecule has 0 saturated carbocycles. The Balaban J connectivity index is 2.39. The largest absolute Gasteiger partial charge is 0.355 e. The van der Waals surface area contributed by atoms with Crippen molar-refractivity contribution in [3.8, 4) is 0 Å². The molecule has 18 heavy (non-hydrogen) atoms. The molecule has 1 unspecified atom stereocenters. The molecule has 0 aliphatic heterocycles. The van der Waals surface area contributed by atoms with E-state index in [1.54, 1.807) is 6.07 Å². The summed E-state index contributed by atoms with van der Waals surface area (Å²) in [6, 6.07) is 4.59.